The van der Waals surface area contributed by atoms with Gasteiger partial charge in [-0.05, 0) is 42.2 Å². The number of carbonyl (C=O) groups is 2. The molecule has 3 aliphatic rings. The highest BCUT2D eigenvalue weighted by molar-refractivity contribution is 6.23. The van der Waals surface area contributed by atoms with Crippen molar-refractivity contribution in [3.8, 4) is 0 Å². The Bertz CT molecular complexity index is 1400. The maximum absolute atomic E-state index is 13.7. The van der Waals surface area contributed by atoms with Gasteiger partial charge in [0.15, 0.2) is 0 Å². The maximum Gasteiger partial charge on any atom is 0.271 e. The highest BCUT2D eigenvalue weighted by Gasteiger charge is 2.62. The van der Waals surface area contributed by atoms with Crippen molar-refractivity contribution < 1.29 is 14.5 Å². The molecule has 2 fully saturated rings. The Morgan fingerprint density at radius 3 is 1.75 bits per heavy atom. The first kappa shape index (κ1) is 22.2. The first-order valence-electron chi connectivity index (χ1n) is 12.0. The third-order valence-corrected chi connectivity index (χ3v) is 7.68. The van der Waals surface area contributed by atoms with Gasteiger partial charge in [-0.25, -0.2) is 4.90 Å². The number of hydrogen-bond donors (Lipinski definition) is 0. The van der Waals surface area contributed by atoms with E-state index < -0.39 is 16.8 Å². The van der Waals surface area contributed by atoms with Gasteiger partial charge in [-0.1, -0.05) is 77.9 Å². The van der Waals surface area contributed by atoms with Crippen molar-refractivity contribution in [3.05, 3.63) is 123 Å². The summed E-state index contributed by atoms with van der Waals surface area (Å²) in [5.74, 6) is -1.98. The summed E-state index contributed by atoms with van der Waals surface area (Å²) >= 11 is 0. The van der Waals surface area contributed by atoms with Gasteiger partial charge in [0.1, 0.15) is 0 Å². The minimum absolute atomic E-state index is 0.145. The average molecular weight is 477 g/mol. The number of amides is 2. The lowest BCUT2D eigenvalue weighted by molar-refractivity contribution is -0.384. The Morgan fingerprint density at radius 2 is 1.28 bits per heavy atom. The molecule has 6 rings (SSSR count). The van der Waals surface area contributed by atoms with Gasteiger partial charge in [-0.2, -0.15) is 0 Å². The fraction of sp³-hybridized carbons (Fsp3) is 0.200. The van der Waals surface area contributed by atoms with Crippen molar-refractivity contribution >= 4 is 28.8 Å². The molecule has 0 aromatic heterocycles. The van der Waals surface area contributed by atoms with Crippen LogP contribution in [0.5, 0.6) is 0 Å². The number of carbonyl (C=O) groups excluding carboxylic acids is 2. The summed E-state index contributed by atoms with van der Waals surface area (Å²) < 4.78 is 0. The number of aryl methyl sites for hydroxylation is 2. The second kappa shape index (κ2) is 8.12. The highest BCUT2D eigenvalue weighted by Crippen LogP contribution is 2.59. The van der Waals surface area contributed by atoms with Crippen LogP contribution in [0, 0.1) is 47.6 Å². The molecule has 178 valence electrons. The van der Waals surface area contributed by atoms with E-state index >= 15 is 0 Å². The Labute approximate surface area is 208 Å². The van der Waals surface area contributed by atoms with E-state index in [1.807, 2.05) is 13.8 Å². The molecular formula is C30H24N2O4. The van der Waals surface area contributed by atoms with Crippen molar-refractivity contribution in [1.82, 2.24) is 0 Å². The molecule has 36 heavy (non-hydrogen) atoms. The summed E-state index contributed by atoms with van der Waals surface area (Å²) in [5, 5.41) is 11.3. The summed E-state index contributed by atoms with van der Waals surface area (Å²) in [6.45, 7) is 4.10. The van der Waals surface area contributed by atoms with Crippen LogP contribution in [-0.4, -0.2) is 16.7 Å². The zero-order valence-corrected chi connectivity index (χ0v) is 19.9. The second-order valence-corrected chi connectivity index (χ2v) is 9.84. The number of nitrogens with zero attached hydrogens (tertiary/aromatic N) is 2. The van der Waals surface area contributed by atoms with Gasteiger partial charge in [0.05, 0.1) is 22.4 Å². The van der Waals surface area contributed by atoms with Crippen LogP contribution < -0.4 is 4.90 Å². The molecule has 1 aliphatic heterocycles. The van der Waals surface area contributed by atoms with Crippen LogP contribution in [0.2, 0.25) is 0 Å². The molecule has 0 N–H and O–H groups in total. The molecule has 1 heterocycles. The molecule has 6 nitrogen and oxygen atoms in total. The van der Waals surface area contributed by atoms with E-state index in [4.69, 9.17) is 0 Å². The van der Waals surface area contributed by atoms with Crippen LogP contribution >= 0.6 is 0 Å². The molecule has 1 saturated carbocycles. The van der Waals surface area contributed by atoms with E-state index in [1.54, 1.807) is 6.07 Å². The minimum Gasteiger partial charge on any atom is -0.274 e. The molecule has 1 saturated heterocycles. The number of nitro groups is 1. The quantitative estimate of drug-likeness (QED) is 0.211. The molecule has 4 atom stereocenters. The van der Waals surface area contributed by atoms with E-state index in [1.165, 1.54) is 18.2 Å². The number of hydrogen-bond acceptors (Lipinski definition) is 4. The number of allylic oxidation sites excluding steroid dienone is 3. The van der Waals surface area contributed by atoms with E-state index in [0.29, 0.717) is 0 Å². The minimum atomic E-state index is -0.517. The number of benzene rings is 3. The van der Waals surface area contributed by atoms with Crippen molar-refractivity contribution in [2.75, 3.05) is 4.90 Å². The SMILES string of the molecule is Cc1ccc(C(=C2[C@H]3C=C[C@@H]2[C@@H]2C(=O)N(c4cccc([N+](=O)[O-])c4)C(=O)[C@H]23)c2ccc(C)cc2)cc1. The topological polar surface area (TPSA) is 80.5 Å². The van der Waals surface area contributed by atoms with Crippen LogP contribution in [0.1, 0.15) is 22.3 Å². The third kappa shape index (κ3) is 3.25. The van der Waals surface area contributed by atoms with E-state index in [-0.39, 0.29) is 35.0 Å². The summed E-state index contributed by atoms with van der Waals surface area (Å²) in [7, 11) is 0. The molecular weight excluding hydrogens is 452 g/mol. The molecule has 0 unspecified atom stereocenters. The Hall–Kier alpha value is -4.32. The first-order chi connectivity index (χ1) is 17.3. The van der Waals surface area contributed by atoms with Gasteiger partial charge in [0.2, 0.25) is 11.8 Å². The standard InChI is InChI=1S/C30H24N2O4/c1-17-6-10-19(11-7-17)25(20-12-8-18(2)9-13-20)26-23-14-15-24(26)28-27(23)29(33)31(30(28)34)21-4-3-5-22(16-21)32(35)36/h3-16,23-24,27-28H,1-2H3/t23-,24+,27-,28-/m0/s1. The van der Waals surface area contributed by atoms with Gasteiger partial charge in [-0.15, -0.1) is 0 Å². The van der Waals surface area contributed by atoms with Gasteiger partial charge in [-0.3, -0.25) is 19.7 Å². The number of anilines is 1. The van der Waals surface area contributed by atoms with E-state index in [9.17, 15) is 19.7 Å². The normalized spacial score (nSPS) is 23.9. The lowest BCUT2D eigenvalue weighted by Gasteiger charge is -2.21. The number of non-ortho nitro benzene ring substituents is 1. The summed E-state index contributed by atoms with van der Waals surface area (Å²) in [5.41, 5.74) is 6.75. The molecule has 2 amide bonds. The smallest absolute Gasteiger partial charge is 0.271 e. The number of rotatable bonds is 4. The Kier molecular flexibility index (Phi) is 5.00. The fourth-order valence-electron chi connectivity index (χ4n) is 6.04. The molecule has 2 bridgehead atoms. The largest absolute Gasteiger partial charge is 0.274 e. The number of nitro benzene ring substituents is 1. The van der Waals surface area contributed by atoms with Gasteiger partial charge < -0.3 is 0 Å². The predicted octanol–water partition coefficient (Wildman–Crippen LogP) is 5.64. The lowest BCUT2D eigenvalue weighted by Crippen LogP contribution is -2.33. The lowest BCUT2D eigenvalue weighted by atomic mass is 9.85. The number of fused-ring (bicyclic) bond motifs is 5. The zero-order chi connectivity index (χ0) is 25.1. The van der Waals surface area contributed by atoms with Crippen LogP contribution in [0.3, 0.4) is 0 Å². The summed E-state index contributed by atoms with van der Waals surface area (Å²) in [4.78, 5) is 39.3. The Balaban J connectivity index is 1.47. The fourth-order valence-corrected chi connectivity index (χ4v) is 6.04. The maximum atomic E-state index is 13.7. The highest BCUT2D eigenvalue weighted by atomic mass is 16.6. The molecule has 2 aliphatic carbocycles. The molecule has 0 spiro atoms. The molecule has 3 aromatic carbocycles. The third-order valence-electron chi connectivity index (χ3n) is 7.68. The van der Waals surface area contributed by atoms with Crippen LogP contribution in [0.15, 0.2) is 90.5 Å². The zero-order valence-electron chi connectivity index (χ0n) is 19.9. The summed E-state index contributed by atoms with van der Waals surface area (Å²) in [6.07, 6.45) is 4.12. The van der Waals surface area contributed by atoms with Gasteiger partial charge in [0.25, 0.3) is 5.69 Å². The van der Waals surface area contributed by atoms with Gasteiger partial charge >= 0.3 is 0 Å². The van der Waals surface area contributed by atoms with Crippen molar-refractivity contribution in [3.63, 3.8) is 0 Å². The van der Waals surface area contributed by atoms with Gasteiger partial charge in [0, 0.05) is 24.0 Å². The molecule has 6 heteroatoms. The van der Waals surface area contributed by atoms with Crippen LogP contribution in [-0.2, 0) is 9.59 Å². The van der Waals surface area contributed by atoms with Crippen molar-refractivity contribution in [2.45, 2.75) is 13.8 Å². The summed E-state index contributed by atoms with van der Waals surface area (Å²) in [6, 6.07) is 22.5. The van der Waals surface area contributed by atoms with E-state index in [2.05, 4.69) is 60.7 Å². The molecule has 3 aromatic rings. The van der Waals surface area contributed by atoms with Crippen molar-refractivity contribution in [2.24, 2.45) is 23.7 Å². The monoisotopic (exact) mass is 476 g/mol. The average Bonchev–Trinajstić information content (AvgIpc) is 3.50. The molecule has 0 radical (unpaired) electrons. The van der Waals surface area contributed by atoms with Crippen LogP contribution in [0.25, 0.3) is 5.57 Å². The second-order valence-electron chi connectivity index (χ2n) is 9.84. The van der Waals surface area contributed by atoms with Crippen molar-refractivity contribution in [1.29, 1.82) is 0 Å². The predicted molar refractivity (Wildman–Crippen MR) is 137 cm³/mol. The van der Waals surface area contributed by atoms with Crippen LogP contribution in [0.4, 0.5) is 11.4 Å². The first-order valence-corrected chi connectivity index (χ1v) is 12.0. The Morgan fingerprint density at radius 1 is 0.778 bits per heavy atom. The van der Waals surface area contributed by atoms with E-state index in [0.717, 1.165) is 38.3 Å². The number of imide groups is 1.